The van der Waals surface area contributed by atoms with Gasteiger partial charge in [-0.05, 0) is 56.2 Å². The summed E-state index contributed by atoms with van der Waals surface area (Å²) >= 11 is 14.5. The zero-order chi connectivity index (χ0) is 29.9. The molecule has 3 aliphatic heterocycles. The van der Waals surface area contributed by atoms with Gasteiger partial charge in [0.05, 0.1) is 27.0 Å². The Labute approximate surface area is 265 Å². The van der Waals surface area contributed by atoms with Crippen molar-refractivity contribution in [3.8, 4) is 11.5 Å². The van der Waals surface area contributed by atoms with Gasteiger partial charge in [0, 0.05) is 59.3 Å². The molecule has 220 valence electrons. The van der Waals surface area contributed by atoms with Crippen LogP contribution in [0.3, 0.4) is 0 Å². The molecule has 2 N–H and O–H groups in total. The van der Waals surface area contributed by atoms with Crippen molar-refractivity contribution in [2.24, 2.45) is 0 Å². The van der Waals surface area contributed by atoms with Crippen LogP contribution in [0.2, 0.25) is 0 Å². The lowest BCUT2D eigenvalue weighted by molar-refractivity contribution is 0.312. The molecule has 0 spiro atoms. The van der Waals surface area contributed by atoms with E-state index in [2.05, 4.69) is 107 Å². The van der Waals surface area contributed by atoms with Gasteiger partial charge in [0.1, 0.15) is 17.3 Å². The molecule has 9 rings (SSSR count). The number of hydrogen-bond donors (Lipinski definition) is 2. The van der Waals surface area contributed by atoms with Gasteiger partial charge in [-0.2, -0.15) is 0 Å². The van der Waals surface area contributed by atoms with E-state index in [0.717, 1.165) is 59.0 Å². The largest absolute Gasteiger partial charge is 0.456 e. The third-order valence-electron chi connectivity index (χ3n) is 9.60. The number of halogens is 2. The van der Waals surface area contributed by atoms with Crippen molar-refractivity contribution >= 4 is 67.8 Å². The van der Waals surface area contributed by atoms with E-state index in [1.54, 1.807) is 0 Å². The number of rotatable bonds is 2. The van der Waals surface area contributed by atoms with Crippen LogP contribution in [0.1, 0.15) is 31.9 Å². The molecular formula is C36H30Cl2N4O2. The monoisotopic (exact) mass is 620 g/mol. The molecule has 4 heterocycles. The molecule has 0 saturated carbocycles. The van der Waals surface area contributed by atoms with Crippen LogP contribution >= 0.6 is 23.2 Å². The van der Waals surface area contributed by atoms with Crippen molar-refractivity contribution in [3.05, 3.63) is 106 Å². The molecule has 44 heavy (non-hydrogen) atoms. The maximum atomic E-state index is 7.27. The second kappa shape index (κ2) is 9.13. The number of para-hydroxylation sites is 2. The van der Waals surface area contributed by atoms with Crippen LogP contribution in [0.25, 0.3) is 21.8 Å². The summed E-state index contributed by atoms with van der Waals surface area (Å²) in [7, 11) is 0. The summed E-state index contributed by atoms with van der Waals surface area (Å²) in [6.45, 7) is 8.04. The molecule has 0 amide bonds. The normalized spacial score (nSPS) is 21.3. The molecule has 0 radical (unpaired) electrons. The maximum absolute atomic E-state index is 7.27. The molecule has 4 aliphatic rings. The van der Waals surface area contributed by atoms with Gasteiger partial charge >= 0.3 is 0 Å². The molecule has 1 aromatic heterocycles. The van der Waals surface area contributed by atoms with Crippen LogP contribution in [0, 0.1) is 0 Å². The molecule has 8 heteroatoms. The summed E-state index contributed by atoms with van der Waals surface area (Å²) in [5.41, 5.74) is 8.10. The molecule has 5 aromatic rings. The average molecular weight is 622 g/mol. The minimum Gasteiger partial charge on any atom is -0.456 e. The lowest BCUT2D eigenvalue weighted by Crippen LogP contribution is -2.50. The van der Waals surface area contributed by atoms with E-state index in [0.29, 0.717) is 21.6 Å². The Balaban J connectivity index is 1.15. The third kappa shape index (κ3) is 3.38. The number of benzene rings is 4. The van der Waals surface area contributed by atoms with Gasteiger partial charge in [-0.1, -0.05) is 59.6 Å². The van der Waals surface area contributed by atoms with Crippen molar-refractivity contribution in [3.63, 3.8) is 0 Å². The molecule has 0 saturated heterocycles. The summed E-state index contributed by atoms with van der Waals surface area (Å²) in [4.78, 5) is 2.34. The number of hydrogen-bond acceptors (Lipinski definition) is 5. The molecule has 0 bridgehead atoms. The Morgan fingerprint density at radius 1 is 0.818 bits per heavy atom. The van der Waals surface area contributed by atoms with Crippen LogP contribution in [-0.4, -0.2) is 22.7 Å². The minimum atomic E-state index is -0.898. The predicted octanol–water partition coefficient (Wildman–Crippen LogP) is 9.23. The van der Waals surface area contributed by atoms with Gasteiger partial charge in [-0.25, -0.2) is 0 Å². The van der Waals surface area contributed by atoms with Gasteiger partial charge < -0.3 is 29.6 Å². The fourth-order valence-corrected chi connectivity index (χ4v) is 8.17. The Morgan fingerprint density at radius 2 is 1.61 bits per heavy atom. The highest BCUT2D eigenvalue weighted by molar-refractivity contribution is 6.35. The summed E-state index contributed by atoms with van der Waals surface area (Å²) in [6.07, 6.45) is 0.848. The highest BCUT2D eigenvalue weighted by Gasteiger charge is 2.51. The van der Waals surface area contributed by atoms with Gasteiger partial charge in [-0.3, -0.25) is 0 Å². The van der Waals surface area contributed by atoms with Crippen LogP contribution in [0.4, 0.5) is 22.7 Å². The van der Waals surface area contributed by atoms with Crippen molar-refractivity contribution in [2.75, 3.05) is 22.1 Å². The van der Waals surface area contributed by atoms with E-state index in [9.17, 15) is 0 Å². The number of aromatic nitrogens is 1. The molecule has 1 aliphatic carbocycles. The lowest BCUT2D eigenvalue weighted by Gasteiger charge is -2.45. The average Bonchev–Trinajstić information content (AvgIpc) is 3.35. The van der Waals surface area contributed by atoms with E-state index in [4.69, 9.17) is 32.7 Å². The predicted molar refractivity (Wildman–Crippen MR) is 180 cm³/mol. The van der Waals surface area contributed by atoms with Crippen LogP contribution < -0.4 is 25.0 Å². The first-order valence-electron chi connectivity index (χ1n) is 15.2. The maximum Gasteiger partial charge on any atom is 0.152 e. The fourth-order valence-electron chi connectivity index (χ4n) is 7.51. The van der Waals surface area contributed by atoms with Crippen molar-refractivity contribution in [1.29, 1.82) is 0 Å². The zero-order valence-electron chi connectivity index (χ0n) is 24.6. The van der Waals surface area contributed by atoms with Crippen LogP contribution in [-0.2, 0) is 13.0 Å². The van der Waals surface area contributed by atoms with Gasteiger partial charge in [0.25, 0.3) is 0 Å². The Morgan fingerprint density at radius 3 is 2.45 bits per heavy atom. The molecule has 6 nitrogen and oxygen atoms in total. The Hall–Kier alpha value is -4.26. The quantitative estimate of drug-likeness (QED) is 0.206. The number of anilines is 4. The van der Waals surface area contributed by atoms with E-state index in [1.165, 1.54) is 27.7 Å². The summed E-state index contributed by atoms with van der Waals surface area (Å²) in [5.74, 6) is 2.61. The topological polar surface area (TPSA) is 50.7 Å². The molecule has 2 atom stereocenters. The highest BCUT2D eigenvalue weighted by atomic mass is 35.5. The zero-order valence-corrected chi connectivity index (χ0v) is 26.1. The molecule has 0 fully saturated rings. The van der Waals surface area contributed by atoms with E-state index in [-0.39, 0.29) is 0 Å². The summed E-state index contributed by atoms with van der Waals surface area (Å²) in [6, 6.07) is 25.2. The lowest BCUT2D eigenvalue weighted by atomic mass is 9.86. The first-order valence-corrected chi connectivity index (χ1v) is 15.9. The second-order valence-corrected chi connectivity index (χ2v) is 12.8. The standard InChI is InChI=1S/C36H30Cl2N4O2/c1-4-41-25-12-8-6-10-19(25)14-20-15-24-30(17-27(20)41)44-35-31(37)32-33(34(38)36(35,3)40-24)43-29-18-28-22(16-23(29)39-32)21-11-7-9-13-26(21)42(28)5-2/h6-13,15-18,32,39-40H,4-5,14H2,1-3H3. The molecule has 2 unspecified atom stereocenters. The Bertz CT molecular complexity index is 2150. The second-order valence-electron chi connectivity index (χ2n) is 12.0. The van der Waals surface area contributed by atoms with Crippen molar-refractivity contribution in [2.45, 2.75) is 45.3 Å². The highest BCUT2D eigenvalue weighted by Crippen LogP contribution is 2.54. The van der Waals surface area contributed by atoms with E-state index in [1.807, 2.05) is 6.92 Å². The van der Waals surface area contributed by atoms with Gasteiger partial charge in [0.15, 0.2) is 17.3 Å². The third-order valence-corrected chi connectivity index (χ3v) is 10.6. The van der Waals surface area contributed by atoms with Crippen molar-refractivity contribution in [1.82, 2.24) is 4.57 Å². The van der Waals surface area contributed by atoms with Crippen LogP contribution in [0.15, 0.2) is 94.4 Å². The Kier molecular flexibility index (Phi) is 5.43. The summed E-state index contributed by atoms with van der Waals surface area (Å²) in [5, 5.41) is 10.7. The number of nitrogens with zero attached hydrogens (tertiary/aromatic N) is 2. The number of aryl methyl sites for hydroxylation is 1. The number of fused-ring (bicyclic) bond motifs is 9. The first-order chi connectivity index (χ1) is 21.4. The number of ether oxygens (including phenoxy) is 2. The van der Waals surface area contributed by atoms with E-state index >= 15 is 0 Å². The minimum absolute atomic E-state index is 0.475. The van der Waals surface area contributed by atoms with Crippen molar-refractivity contribution < 1.29 is 9.47 Å². The van der Waals surface area contributed by atoms with Crippen LogP contribution in [0.5, 0.6) is 11.5 Å². The van der Waals surface area contributed by atoms with Gasteiger partial charge in [-0.15, -0.1) is 0 Å². The smallest absolute Gasteiger partial charge is 0.152 e. The number of nitrogens with one attached hydrogen (secondary N) is 2. The van der Waals surface area contributed by atoms with Gasteiger partial charge in [0.2, 0.25) is 0 Å². The van der Waals surface area contributed by atoms with E-state index < -0.39 is 11.6 Å². The first kappa shape index (κ1) is 26.2. The summed E-state index contributed by atoms with van der Waals surface area (Å²) < 4.78 is 15.6. The molecule has 4 aromatic carbocycles. The molecular weight excluding hydrogens is 591 g/mol. The fraction of sp³-hybridized carbons (Fsp3) is 0.222. The SMILES string of the molecule is CCN1c2ccccc2Cc2cc3c(cc21)OC1=C(Cl)C2Nc4cc5c6ccccc6n(CC)c5cc4OC2=C(Cl)C1(C)N3.